The van der Waals surface area contributed by atoms with Crippen LogP contribution >= 0.6 is 31.3 Å². The van der Waals surface area contributed by atoms with E-state index in [-0.39, 0.29) is 19.8 Å². The Bertz CT molecular complexity index is 626. The van der Waals surface area contributed by atoms with Crippen molar-refractivity contribution in [2.75, 3.05) is 32.7 Å². The van der Waals surface area contributed by atoms with Gasteiger partial charge in [0.25, 0.3) is 0 Å². The zero-order valence-electron chi connectivity index (χ0n) is 14.5. The van der Waals surface area contributed by atoms with E-state index >= 15 is 0 Å². The minimum atomic E-state index is -4.06. The number of rotatable bonds is 12. The van der Waals surface area contributed by atoms with Gasteiger partial charge in [-0.25, -0.2) is 4.79 Å². The van der Waals surface area contributed by atoms with Crippen LogP contribution in [0.1, 0.15) is 12.5 Å². The van der Waals surface area contributed by atoms with Crippen LogP contribution < -0.4 is 0 Å². The number of ether oxygens (including phenoxy) is 3. The standard InChI is InChI=1S/C15H20Cl2NO8P/c1-2-22-8-9-23-14(19)10-18(12-27(21,25-16)26-17)15(20)24-11-13-6-4-3-5-7-13/h3-7H,2,8-12H2,1H3. The van der Waals surface area contributed by atoms with E-state index in [0.29, 0.717) is 6.61 Å². The Morgan fingerprint density at radius 1 is 1.07 bits per heavy atom. The molecule has 0 aliphatic carbocycles. The summed E-state index contributed by atoms with van der Waals surface area (Å²) in [5, 5.41) is 0. The highest BCUT2D eigenvalue weighted by Gasteiger charge is 2.33. The molecule has 9 nitrogen and oxygen atoms in total. The third-order valence-corrected chi connectivity index (χ3v) is 5.40. The van der Waals surface area contributed by atoms with Crippen molar-refractivity contribution in [3.8, 4) is 0 Å². The molecule has 1 rings (SSSR count). The average Bonchev–Trinajstić information content (AvgIpc) is 2.69. The summed E-state index contributed by atoms with van der Waals surface area (Å²) < 4.78 is 35.5. The zero-order valence-corrected chi connectivity index (χ0v) is 17.0. The van der Waals surface area contributed by atoms with Gasteiger partial charge < -0.3 is 14.2 Å². The van der Waals surface area contributed by atoms with Gasteiger partial charge in [-0.15, -0.1) is 0 Å². The molecule has 0 saturated carbocycles. The molecule has 152 valence electrons. The molecule has 0 saturated heterocycles. The van der Waals surface area contributed by atoms with E-state index in [1.807, 2.05) is 6.07 Å². The zero-order chi connectivity index (χ0) is 20.1. The van der Waals surface area contributed by atoms with Crippen LogP contribution in [0.15, 0.2) is 30.3 Å². The van der Waals surface area contributed by atoms with Crippen molar-refractivity contribution in [2.24, 2.45) is 0 Å². The van der Waals surface area contributed by atoms with E-state index in [1.165, 1.54) is 0 Å². The number of amides is 1. The first-order chi connectivity index (χ1) is 12.9. The highest BCUT2D eigenvalue weighted by Crippen LogP contribution is 2.51. The van der Waals surface area contributed by atoms with Gasteiger partial charge in [0, 0.05) is 6.61 Å². The van der Waals surface area contributed by atoms with Crippen LogP contribution in [0.25, 0.3) is 0 Å². The molecule has 1 aromatic rings. The quantitative estimate of drug-likeness (QED) is 0.273. The molecule has 0 N–H and O–H groups in total. The number of carbonyl (C=O) groups excluding carboxylic acids is 2. The number of hydrogen-bond donors (Lipinski definition) is 0. The fourth-order valence-corrected chi connectivity index (χ4v) is 3.07. The van der Waals surface area contributed by atoms with E-state index in [9.17, 15) is 14.2 Å². The first-order valence-electron chi connectivity index (χ1n) is 7.82. The van der Waals surface area contributed by atoms with Gasteiger partial charge in [-0.05, 0) is 12.5 Å². The molecule has 0 atom stereocenters. The number of benzene rings is 1. The molecule has 0 bridgehead atoms. The smallest absolute Gasteiger partial charge is 0.411 e. The lowest BCUT2D eigenvalue weighted by atomic mass is 10.2. The largest absolute Gasteiger partial charge is 0.462 e. The minimum Gasteiger partial charge on any atom is -0.462 e. The van der Waals surface area contributed by atoms with Crippen LogP contribution in [0, 0.1) is 0 Å². The van der Waals surface area contributed by atoms with Crippen molar-refractivity contribution in [2.45, 2.75) is 13.5 Å². The van der Waals surface area contributed by atoms with Gasteiger partial charge in [-0.3, -0.25) is 14.3 Å². The molecule has 1 amide bonds. The summed E-state index contributed by atoms with van der Waals surface area (Å²) >= 11 is 10.2. The number of esters is 1. The van der Waals surface area contributed by atoms with Crippen LogP contribution in [0.3, 0.4) is 0 Å². The summed E-state index contributed by atoms with van der Waals surface area (Å²) in [6.07, 6.45) is -1.67. The average molecular weight is 444 g/mol. The highest BCUT2D eigenvalue weighted by atomic mass is 35.5. The summed E-state index contributed by atoms with van der Waals surface area (Å²) in [4.78, 5) is 24.9. The Morgan fingerprint density at radius 2 is 1.74 bits per heavy atom. The monoisotopic (exact) mass is 443 g/mol. The van der Waals surface area contributed by atoms with Gasteiger partial charge in [-0.2, -0.15) is 8.15 Å². The lowest BCUT2D eigenvalue weighted by Gasteiger charge is -2.23. The van der Waals surface area contributed by atoms with Crippen molar-refractivity contribution in [3.05, 3.63) is 35.9 Å². The van der Waals surface area contributed by atoms with Gasteiger partial charge in [0.05, 0.1) is 30.3 Å². The lowest BCUT2D eigenvalue weighted by Crippen LogP contribution is -2.38. The number of nitrogens with zero attached hydrogens (tertiary/aromatic N) is 1. The molecular formula is C15H20Cl2NO8P. The van der Waals surface area contributed by atoms with E-state index in [4.69, 9.17) is 37.9 Å². The van der Waals surface area contributed by atoms with Crippen molar-refractivity contribution in [3.63, 3.8) is 0 Å². The van der Waals surface area contributed by atoms with Crippen molar-refractivity contribution < 1.29 is 36.5 Å². The predicted molar refractivity (Wildman–Crippen MR) is 97.1 cm³/mol. The van der Waals surface area contributed by atoms with Crippen LogP contribution in [0.4, 0.5) is 4.79 Å². The SMILES string of the molecule is CCOCCOC(=O)CN(CP(=O)(OCl)OCl)C(=O)OCc1ccccc1. The molecule has 0 fully saturated rings. The van der Waals surface area contributed by atoms with E-state index < -0.39 is 32.5 Å². The van der Waals surface area contributed by atoms with Crippen LogP contribution in [-0.4, -0.2) is 49.6 Å². The predicted octanol–water partition coefficient (Wildman–Crippen LogP) is 3.70. The first kappa shape index (κ1) is 23.7. The number of halogens is 2. The Balaban J connectivity index is 2.69. The van der Waals surface area contributed by atoms with Gasteiger partial charge in [0.2, 0.25) is 0 Å². The normalized spacial score (nSPS) is 11.1. The number of hydrogen-bond acceptors (Lipinski definition) is 8. The van der Waals surface area contributed by atoms with Crippen molar-refractivity contribution in [1.29, 1.82) is 0 Å². The topological polar surface area (TPSA) is 101 Å². The molecule has 0 aliphatic rings. The molecule has 0 aliphatic heterocycles. The summed E-state index contributed by atoms with van der Waals surface area (Å²) in [6.45, 7) is 1.82. The van der Waals surface area contributed by atoms with Crippen molar-refractivity contribution in [1.82, 2.24) is 4.90 Å². The fraction of sp³-hybridized carbons (Fsp3) is 0.467. The molecule has 0 aromatic heterocycles. The molecular weight excluding hydrogens is 424 g/mol. The number of carbonyl (C=O) groups is 2. The molecule has 0 unspecified atom stereocenters. The molecule has 0 spiro atoms. The molecule has 0 heterocycles. The summed E-state index contributed by atoms with van der Waals surface area (Å²) in [5.41, 5.74) is 0.718. The maximum atomic E-state index is 12.3. The summed E-state index contributed by atoms with van der Waals surface area (Å²) in [5.74, 6) is -0.776. The minimum absolute atomic E-state index is 0.00471. The van der Waals surface area contributed by atoms with Gasteiger partial charge in [-0.1, -0.05) is 30.3 Å². The van der Waals surface area contributed by atoms with Crippen LogP contribution in [0.5, 0.6) is 0 Å². The maximum Gasteiger partial charge on any atom is 0.411 e. The second kappa shape index (κ2) is 12.9. The van der Waals surface area contributed by atoms with E-state index in [1.54, 1.807) is 31.2 Å². The second-order valence-corrected chi connectivity index (χ2v) is 7.65. The van der Waals surface area contributed by atoms with Crippen molar-refractivity contribution >= 4 is 43.4 Å². The third-order valence-electron chi connectivity index (χ3n) is 3.03. The maximum absolute atomic E-state index is 12.3. The Kier molecular flexibility index (Phi) is 11.3. The van der Waals surface area contributed by atoms with Gasteiger partial charge >= 0.3 is 19.7 Å². The fourth-order valence-electron chi connectivity index (χ4n) is 1.81. The third kappa shape index (κ3) is 9.41. The molecule has 12 heteroatoms. The molecule has 0 radical (unpaired) electrons. The summed E-state index contributed by atoms with van der Waals surface area (Å²) in [7, 11) is -4.06. The molecule has 27 heavy (non-hydrogen) atoms. The summed E-state index contributed by atoms with van der Waals surface area (Å²) in [6, 6.07) is 8.84. The molecule has 1 aromatic carbocycles. The Labute approximate surface area is 167 Å². The van der Waals surface area contributed by atoms with E-state index in [2.05, 4.69) is 8.15 Å². The Morgan fingerprint density at radius 3 is 2.33 bits per heavy atom. The van der Waals surface area contributed by atoms with Crippen LogP contribution in [0.2, 0.25) is 0 Å². The van der Waals surface area contributed by atoms with Gasteiger partial charge in [0.15, 0.2) is 0 Å². The van der Waals surface area contributed by atoms with Crippen LogP contribution in [-0.2, 0) is 38.3 Å². The van der Waals surface area contributed by atoms with Gasteiger partial charge in [0.1, 0.15) is 26.0 Å². The first-order valence-corrected chi connectivity index (χ1v) is 10.2. The lowest BCUT2D eigenvalue weighted by molar-refractivity contribution is -0.145. The Hall–Kier alpha value is -1.35. The second-order valence-electron chi connectivity index (χ2n) is 5.05. The van der Waals surface area contributed by atoms with E-state index in [0.717, 1.165) is 10.5 Å². The highest BCUT2D eigenvalue weighted by molar-refractivity contribution is 7.55.